The minimum Gasteiger partial charge on any atom is -0.386 e. The lowest BCUT2D eigenvalue weighted by Gasteiger charge is -2.37. The Labute approximate surface area is 206 Å². The Bertz CT molecular complexity index is 1050. The van der Waals surface area contributed by atoms with Gasteiger partial charge in [0.05, 0.1) is 23.3 Å². The predicted octanol–water partition coefficient (Wildman–Crippen LogP) is 3.57. The highest BCUT2D eigenvalue weighted by Crippen LogP contribution is 2.30. The molecule has 3 heterocycles. The van der Waals surface area contributed by atoms with Gasteiger partial charge in [-0.25, -0.2) is 4.98 Å². The minimum atomic E-state index is -0.0398. The Kier molecular flexibility index (Phi) is 8.83. The van der Waals surface area contributed by atoms with Gasteiger partial charge < -0.3 is 26.2 Å². The summed E-state index contributed by atoms with van der Waals surface area (Å²) in [5.41, 5.74) is 13.6. The molecule has 34 heavy (non-hydrogen) atoms. The second-order valence-corrected chi connectivity index (χ2v) is 9.31. The average molecular weight is 484 g/mol. The van der Waals surface area contributed by atoms with Crippen molar-refractivity contribution in [2.75, 3.05) is 49.9 Å². The number of hydrogen-bond donors (Lipinski definition) is 2. The Balaban J connectivity index is 0.000000215. The highest BCUT2D eigenvalue weighted by Gasteiger charge is 2.20. The number of nitriles is 1. The van der Waals surface area contributed by atoms with E-state index in [4.69, 9.17) is 28.3 Å². The number of aromatic nitrogens is 1. The van der Waals surface area contributed by atoms with E-state index in [1.54, 1.807) is 0 Å². The van der Waals surface area contributed by atoms with Gasteiger partial charge in [0.1, 0.15) is 5.82 Å². The van der Waals surface area contributed by atoms with Crippen molar-refractivity contribution >= 4 is 39.9 Å². The molecule has 1 amide bonds. The molecule has 0 spiro atoms. The quantitative estimate of drug-likeness (QED) is 0.682. The molecule has 1 atom stereocenters. The summed E-state index contributed by atoms with van der Waals surface area (Å²) in [5, 5.41) is 10.4. The highest BCUT2D eigenvalue weighted by atomic mass is 35.5. The Hall–Kier alpha value is -3.18. The third-order valence-electron chi connectivity index (χ3n) is 6.18. The maximum Gasteiger partial charge on any atom is 0.222 e. The number of hydrogen-bond acceptors (Lipinski definition) is 7. The van der Waals surface area contributed by atoms with E-state index in [9.17, 15) is 4.79 Å². The number of nitrogen functional groups attached to an aromatic ring is 1. The first-order valence-corrected chi connectivity index (χ1v) is 12.1. The minimum absolute atomic E-state index is 0.0398. The van der Waals surface area contributed by atoms with Crippen molar-refractivity contribution in [3.63, 3.8) is 0 Å². The zero-order chi connectivity index (χ0) is 24.7. The summed E-state index contributed by atoms with van der Waals surface area (Å²) in [7, 11) is 0. The zero-order valence-electron chi connectivity index (χ0n) is 19.8. The maximum absolute atomic E-state index is 11.5. The van der Waals surface area contributed by atoms with Crippen LogP contribution in [0.1, 0.15) is 32.6 Å². The molecular weight excluding hydrogens is 450 g/mol. The molecule has 4 N–H and O–H groups in total. The standard InChI is InChI=1S/C15H18ClN5.C10H16N2O/c1-10(17)20-4-6-21(7-5-20)14-9-15(18)19-13-8-11(16)2-3-12(13)14;1-9(7-11)8-12-6-4-2-3-5-10(12)13/h2-3,8-9H,1,4-7,17H2,(H2,18,19);9H,2-6,8H2,1H3. The summed E-state index contributed by atoms with van der Waals surface area (Å²) in [6, 6.07) is 9.79. The number of pyridine rings is 1. The van der Waals surface area contributed by atoms with Crippen LogP contribution in [-0.2, 0) is 4.79 Å². The van der Waals surface area contributed by atoms with E-state index < -0.39 is 0 Å². The summed E-state index contributed by atoms with van der Waals surface area (Å²) >= 11 is 6.04. The largest absolute Gasteiger partial charge is 0.386 e. The van der Waals surface area contributed by atoms with Crippen LogP contribution in [0, 0.1) is 17.2 Å². The van der Waals surface area contributed by atoms with Gasteiger partial charge in [0.25, 0.3) is 0 Å². The van der Waals surface area contributed by atoms with Crippen molar-refractivity contribution in [3.8, 4) is 6.07 Å². The monoisotopic (exact) mass is 483 g/mol. The van der Waals surface area contributed by atoms with Crippen molar-refractivity contribution in [2.45, 2.75) is 32.6 Å². The number of nitrogens with zero attached hydrogens (tertiary/aromatic N) is 5. The van der Waals surface area contributed by atoms with Gasteiger partial charge in [-0.05, 0) is 38.0 Å². The van der Waals surface area contributed by atoms with Crippen LogP contribution in [-0.4, -0.2) is 60.0 Å². The smallest absolute Gasteiger partial charge is 0.222 e. The molecule has 4 rings (SSSR count). The number of piperazine rings is 1. The van der Waals surface area contributed by atoms with Crippen LogP contribution in [0.5, 0.6) is 0 Å². The van der Waals surface area contributed by atoms with E-state index in [0.29, 0.717) is 29.6 Å². The third kappa shape index (κ3) is 6.67. The van der Waals surface area contributed by atoms with Gasteiger partial charge in [-0.1, -0.05) is 24.6 Å². The van der Waals surface area contributed by atoms with Crippen molar-refractivity contribution in [2.24, 2.45) is 11.7 Å². The molecule has 1 unspecified atom stereocenters. The molecule has 0 bridgehead atoms. The number of likely N-dealkylation sites (tertiary alicyclic amines) is 1. The summed E-state index contributed by atoms with van der Waals surface area (Å²) in [6.07, 6.45) is 3.90. The van der Waals surface area contributed by atoms with Gasteiger partial charge in [-0.2, -0.15) is 5.26 Å². The summed E-state index contributed by atoms with van der Waals surface area (Å²) in [4.78, 5) is 22.1. The summed E-state index contributed by atoms with van der Waals surface area (Å²) in [5.74, 6) is 1.31. The normalized spacial score (nSPS) is 17.4. The molecule has 1 aromatic heterocycles. The van der Waals surface area contributed by atoms with Crippen LogP contribution >= 0.6 is 11.6 Å². The second kappa shape index (κ2) is 11.8. The molecule has 8 nitrogen and oxygen atoms in total. The number of anilines is 2. The van der Waals surface area contributed by atoms with Gasteiger partial charge in [-0.15, -0.1) is 0 Å². The van der Waals surface area contributed by atoms with Gasteiger partial charge in [0.15, 0.2) is 0 Å². The number of rotatable bonds is 4. The van der Waals surface area contributed by atoms with Crippen LogP contribution < -0.4 is 16.4 Å². The number of halogens is 1. The summed E-state index contributed by atoms with van der Waals surface area (Å²) in [6.45, 7) is 10.5. The lowest BCUT2D eigenvalue weighted by atomic mass is 10.1. The van der Waals surface area contributed by atoms with E-state index >= 15 is 0 Å². The number of carbonyl (C=O) groups excluding carboxylic acids is 1. The number of amides is 1. The number of benzene rings is 1. The molecular formula is C25H34ClN7O. The lowest BCUT2D eigenvalue weighted by molar-refractivity contribution is -0.131. The van der Waals surface area contributed by atoms with Crippen LogP contribution in [0.15, 0.2) is 36.7 Å². The van der Waals surface area contributed by atoms with Crippen LogP contribution in [0.25, 0.3) is 10.9 Å². The van der Waals surface area contributed by atoms with Crippen LogP contribution in [0.3, 0.4) is 0 Å². The highest BCUT2D eigenvalue weighted by molar-refractivity contribution is 6.31. The molecule has 9 heteroatoms. The summed E-state index contributed by atoms with van der Waals surface area (Å²) < 4.78 is 0. The maximum atomic E-state index is 11.5. The molecule has 0 saturated carbocycles. The molecule has 2 saturated heterocycles. The molecule has 0 aliphatic carbocycles. The zero-order valence-corrected chi connectivity index (χ0v) is 20.6. The van der Waals surface area contributed by atoms with Gasteiger partial charge >= 0.3 is 0 Å². The topological polar surface area (TPSA) is 116 Å². The number of nitrogens with two attached hydrogens (primary N) is 2. The number of fused-ring (bicyclic) bond motifs is 1. The fraction of sp³-hybridized carbons (Fsp3) is 0.480. The van der Waals surface area contributed by atoms with Gasteiger partial charge in [0, 0.05) is 67.9 Å². The molecule has 182 valence electrons. The van der Waals surface area contributed by atoms with Crippen molar-refractivity contribution in [3.05, 3.63) is 41.7 Å². The Morgan fingerprint density at radius 1 is 1.21 bits per heavy atom. The SMILES string of the molecule is C=C(N)N1CCN(c2cc(N)nc3cc(Cl)ccc23)CC1.CC(C#N)CN1CCCCCC1=O. The fourth-order valence-electron chi connectivity index (χ4n) is 4.30. The second-order valence-electron chi connectivity index (χ2n) is 8.87. The van der Waals surface area contributed by atoms with E-state index in [2.05, 4.69) is 27.4 Å². The molecule has 2 aromatic rings. The first-order chi connectivity index (χ1) is 16.3. The lowest BCUT2D eigenvalue weighted by Crippen LogP contribution is -2.47. The van der Waals surface area contributed by atoms with Crippen LogP contribution in [0.2, 0.25) is 5.02 Å². The van der Waals surface area contributed by atoms with Gasteiger partial charge in [0.2, 0.25) is 5.91 Å². The Morgan fingerprint density at radius 2 is 1.94 bits per heavy atom. The van der Waals surface area contributed by atoms with E-state index in [1.807, 2.05) is 36.1 Å². The Morgan fingerprint density at radius 3 is 2.62 bits per heavy atom. The fourth-order valence-corrected chi connectivity index (χ4v) is 4.47. The van der Waals surface area contributed by atoms with Crippen molar-refractivity contribution < 1.29 is 4.79 Å². The van der Waals surface area contributed by atoms with E-state index in [0.717, 1.165) is 68.6 Å². The predicted molar refractivity (Wildman–Crippen MR) is 138 cm³/mol. The van der Waals surface area contributed by atoms with E-state index in [-0.39, 0.29) is 11.8 Å². The first kappa shape index (κ1) is 25.4. The first-order valence-electron chi connectivity index (χ1n) is 11.8. The van der Waals surface area contributed by atoms with Crippen molar-refractivity contribution in [1.29, 1.82) is 5.26 Å². The molecule has 2 aliphatic rings. The van der Waals surface area contributed by atoms with Crippen LogP contribution in [0.4, 0.5) is 11.5 Å². The molecule has 2 aliphatic heterocycles. The molecule has 0 radical (unpaired) electrons. The molecule has 1 aromatic carbocycles. The average Bonchev–Trinajstić information content (AvgIpc) is 3.02. The van der Waals surface area contributed by atoms with Gasteiger partial charge in [-0.3, -0.25) is 4.79 Å². The number of carbonyl (C=O) groups is 1. The van der Waals surface area contributed by atoms with E-state index in [1.165, 1.54) is 0 Å². The third-order valence-corrected chi connectivity index (χ3v) is 6.42. The molecule has 2 fully saturated rings. The van der Waals surface area contributed by atoms with Crippen molar-refractivity contribution in [1.82, 2.24) is 14.8 Å².